The predicted octanol–water partition coefficient (Wildman–Crippen LogP) is -0.0550. The molecule has 3 rings (SSSR count). The van der Waals surface area contributed by atoms with Gasteiger partial charge in [0.2, 0.25) is 5.91 Å². The van der Waals surface area contributed by atoms with E-state index in [1.807, 2.05) is 0 Å². The van der Waals surface area contributed by atoms with E-state index in [2.05, 4.69) is 10.7 Å². The third kappa shape index (κ3) is 5.71. The Bertz CT molecular complexity index is 902. The molecule has 27 heavy (non-hydrogen) atoms. The Morgan fingerprint density at radius 2 is 1.67 bits per heavy atom. The van der Waals surface area contributed by atoms with E-state index >= 15 is 0 Å². The molecule has 2 N–H and O–H groups in total. The van der Waals surface area contributed by atoms with Gasteiger partial charge in [0.25, 0.3) is 0 Å². The minimum Gasteiger partial charge on any atom is -0.325 e. The summed E-state index contributed by atoms with van der Waals surface area (Å²) in [6.45, 7) is -0.145. The van der Waals surface area contributed by atoms with Crippen molar-refractivity contribution in [1.82, 2.24) is 10.4 Å². The van der Waals surface area contributed by atoms with Crippen molar-refractivity contribution in [3.05, 3.63) is 30.1 Å². The number of carbonyl (C=O) groups is 1. The van der Waals surface area contributed by atoms with E-state index in [9.17, 15) is 26.0 Å². The fourth-order valence-corrected chi connectivity index (χ4v) is 6.72. The molecule has 0 aromatic heterocycles. The van der Waals surface area contributed by atoms with Gasteiger partial charge in [-0.15, -0.1) is 0 Å². The van der Waals surface area contributed by atoms with Crippen LogP contribution < -0.4 is 10.7 Å². The lowest BCUT2D eigenvalue weighted by Crippen LogP contribution is -2.54. The molecule has 150 valence electrons. The second-order valence-electron chi connectivity index (χ2n) is 6.97. The second kappa shape index (κ2) is 7.82. The van der Waals surface area contributed by atoms with Gasteiger partial charge in [0.1, 0.15) is 5.82 Å². The smallest absolute Gasteiger partial charge is 0.240 e. The van der Waals surface area contributed by atoms with Crippen LogP contribution in [0.1, 0.15) is 12.8 Å². The van der Waals surface area contributed by atoms with Gasteiger partial charge < -0.3 is 5.32 Å². The summed E-state index contributed by atoms with van der Waals surface area (Å²) in [6, 6.07) is 4.54. The van der Waals surface area contributed by atoms with Gasteiger partial charge in [-0.2, -0.15) is 0 Å². The quantitative estimate of drug-likeness (QED) is 0.622. The van der Waals surface area contributed by atoms with Gasteiger partial charge in [-0.1, -0.05) is 0 Å². The Morgan fingerprint density at radius 1 is 1.04 bits per heavy atom. The zero-order valence-electron chi connectivity index (χ0n) is 14.6. The van der Waals surface area contributed by atoms with Crippen molar-refractivity contribution in [2.75, 3.05) is 34.9 Å². The minimum atomic E-state index is -3.17. The highest BCUT2D eigenvalue weighted by molar-refractivity contribution is 7.91. The number of benzene rings is 1. The van der Waals surface area contributed by atoms with Crippen LogP contribution in [-0.4, -0.2) is 69.4 Å². The van der Waals surface area contributed by atoms with E-state index < -0.39 is 37.4 Å². The van der Waals surface area contributed by atoms with Crippen molar-refractivity contribution in [2.24, 2.45) is 0 Å². The average Bonchev–Trinajstić information content (AvgIpc) is 3.10. The van der Waals surface area contributed by atoms with Crippen LogP contribution in [0.15, 0.2) is 24.3 Å². The largest absolute Gasteiger partial charge is 0.325 e. The van der Waals surface area contributed by atoms with E-state index in [0.29, 0.717) is 18.5 Å². The van der Waals surface area contributed by atoms with Crippen LogP contribution >= 0.6 is 0 Å². The summed E-state index contributed by atoms with van der Waals surface area (Å²) in [4.78, 5) is 12.4. The molecule has 1 aromatic carbocycles. The van der Waals surface area contributed by atoms with Crippen LogP contribution in [0.2, 0.25) is 0 Å². The van der Waals surface area contributed by atoms with E-state index in [1.54, 1.807) is 0 Å². The number of amides is 1. The van der Waals surface area contributed by atoms with Crippen LogP contribution in [0, 0.1) is 5.82 Å². The van der Waals surface area contributed by atoms with Gasteiger partial charge in [0.05, 0.1) is 29.6 Å². The maximum atomic E-state index is 13.0. The first-order valence-corrected chi connectivity index (χ1v) is 12.3. The van der Waals surface area contributed by atoms with Gasteiger partial charge in [-0.3, -0.25) is 10.2 Å². The lowest BCUT2D eigenvalue weighted by atomic mass is 10.2. The number of hydrogen-bond donors (Lipinski definition) is 2. The van der Waals surface area contributed by atoms with Crippen molar-refractivity contribution in [3.63, 3.8) is 0 Å². The molecule has 2 atom stereocenters. The summed E-state index contributed by atoms with van der Waals surface area (Å²) >= 11 is 0. The summed E-state index contributed by atoms with van der Waals surface area (Å²) in [5.41, 5.74) is 3.47. The molecule has 1 amide bonds. The maximum absolute atomic E-state index is 13.0. The number of sulfone groups is 2. The maximum Gasteiger partial charge on any atom is 0.240 e. The van der Waals surface area contributed by atoms with Crippen molar-refractivity contribution in [2.45, 2.75) is 24.9 Å². The first-order chi connectivity index (χ1) is 12.6. The Hall–Kier alpha value is -1.56. The number of carbonyl (C=O) groups excluding carboxylic acids is 1. The first kappa shape index (κ1) is 20.2. The molecule has 2 heterocycles. The number of nitrogens with one attached hydrogen (secondary N) is 2. The molecular weight excluding hydrogens is 397 g/mol. The SMILES string of the molecule is O=C(CN(NC1CCS(=O)(=O)C1)C1CCS(=O)(=O)C1)Nc1ccc(F)cc1. The molecule has 1 aromatic rings. The standard InChI is InChI=1S/C16H22FN3O5S2/c17-12-1-3-13(4-2-12)18-16(21)9-20(15-6-8-27(24,25)11-15)19-14-5-7-26(22,23)10-14/h1-4,14-15,19H,5-11H2,(H,18,21). The van der Waals surface area contributed by atoms with Gasteiger partial charge in [-0.05, 0) is 37.1 Å². The number of hydrazine groups is 1. The van der Waals surface area contributed by atoms with Gasteiger partial charge in [0, 0.05) is 17.8 Å². The summed E-state index contributed by atoms with van der Waals surface area (Å²) in [5.74, 6) is -0.831. The fourth-order valence-electron chi connectivity index (χ4n) is 3.32. The molecule has 0 saturated carbocycles. The van der Waals surface area contributed by atoms with Gasteiger partial charge in [0.15, 0.2) is 19.7 Å². The van der Waals surface area contributed by atoms with Gasteiger partial charge >= 0.3 is 0 Å². The highest BCUT2D eigenvalue weighted by Crippen LogP contribution is 2.19. The lowest BCUT2D eigenvalue weighted by molar-refractivity contribution is -0.118. The molecule has 0 bridgehead atoms. The zero-order valence-corrected chi connectivity index (χ0v) is 16.2. The summed E-state index contributed by atoms with van der Waals surface area (Å²) < 4.78 is 59.9. The molecule has 2 unspecified atom stereocenters. The van der Waals surface area contributed by atoms with E-state index in [1.165, 1.54) is 29.3 Å². The molecule has 2 fully saturated rings. The fraction of sp³-hybridized carbons (Fsp3) is 0.562. The van der Waals surface area contributed by atoms with E-state index in [0.717, 1.165) is 0 Å². The molecule has 2 aliphatic heterocycles. The molecule has 0 radical (unpaired) electrons. The molecular formula is C16H22FN3O5S2. The van der Waals surface area contributed by atoms with Crippen molar-refractivity contribution in [3.8, 4) is 0 Å². The van der Waals surface area contributed by atoms with Crippen LogP contribution in [0.3, 0.4) is 0 Å². The Kier molecular flexibility index (Phi) is 5.84. The number of anilines is 1. The topological polar surface area (TPSA) is 113 Å². The van der Waals surface area contributed by atoms with Gasteiger partial charge in [-0.25, -0.2) is 26.2 Å². The Labute approximate surface area is 157 Å². The molecule has 0 aliphatic carbocycles. The number of rotatable bonds is 6. The zero-order chi connectivity index (χ0) is 19.7. The third-order valence-corrected chi connectivity index (χ3v) is 8.19. The van der Waals surface area contributed by atoms with Crippen LogP contribution in [0.25, 0.3) is 0 Å². The van der Waals surface area contributed by atoms with E-state index in [4.69, 9.17) is 0 Å². The summed E-state index contributed by atoms with van der Waals surface area (Å²) in [6.07, 6.45) is 0.788. The highest BCUT2D eigenvalue weighted by Gasteiger charge is 2.36. The highest BCUT2D eigenvalue weighted by atomic mass is 32.2. The molecule has 11 heteroatoms. The number of halogens is 1. The monoisotopic (exact) mass is 419 g/mol. The summed E-state index contributed by atoms with van der Waals surface area (Å²) in [7, 11) is -6.28. The predicted molar refractivity (Wildman–Crippen MR) is 99.0 cm³/mol. The Balaban J connectivity index is 1.67. The minimum absolute atomic E-state index is 0.0391. The number of hydrogen-bond acceptors (Lipinski definition) is 7. The van der Waals surface area contributed by atoms with Crippen LogP contribution in [-0.2, 0) is 24.5 Å². The normalized spacial score (nSPS) is 26.3. The first-order valence-electron chi connectivity index (χ1n) is 8.61. The van der Waals surface area contributed by atoms with Crippen molar-refractivity contribution >= 4 is 31.3 Å². The van der Waals surface area contributed by atoms with Crippen LogP contribution in [0.5, 0.6) is 0 Å². The summed E-state index contributed by atoms with van der Waals surface area (Å²) in [5, 5.41) is 4.17. The molecule has 2 aliphatic rings. The van der Waals surface area contributed by atoms with E-state index in [-0.39, 0.29) is 35.6 Å². The average molecular weight is 420 g/mol. The molecule has 0 spiro atoms. The molecule has 2 saturated heterocycles. The van der Waals surface area contributed by atoms with Crippen molar-refractivity contribution < 1.29 is 26.0 Å². The third-order valence-electron chi connectivity index (χ3n) is 4.67. The lowest BCUT2D eigenvalue weighted by Gasteiger charge is -2.30. The molecule has 8 nitrogen and oxygen atoms in total. The van der Waals surface area contributed by atoms with Crippen LogP contribution in [0.4, 0.5) is 10.1 Å². The van der Waals surface area contributed by atoms with Crippen molar-refractivity contribution in [1.29, 1.82) is 0 Å². The second-order valence-corrected chi connectivity index (χ2v) is 11.4. The Morgan fingerprint density at radius 3 is 2.22 bits per heavy atom. The number of nitrogens with zero attached hydrogens (tertiary/aromatic N) is 1.